The van der Waals surface area contributed by atoms with Gasteiger partial charge >= 0.3 is 0 Å². The molecule has 3 N–H and O–H groups in total. The number of rotatable bonds is 4. The van der Waals surface area contributed by atoms with Crippen LogP contribution in [-0.2, 0) is 10.0 Å². The summed E-state index contributed by atoms with van der Waals surface area (Å²) in [4.78, 5) is 0.198. The molecule has 2 rings (SSSR count). The third-order valence-electron chi connectivity index (χ3n) is 4.07. The van der Waals surface area contributed by atoms with Gasteiger partial charge in [-0.05, 0) is 32.6 Å². The summed E-state index contributed by atoms with van der Waals surface area (Å²) in [5.74, 6) is 0.408. The lowest BCUT2D eigenvalue weighted by Crippen LogP contribution is -2.53. The van der Waals surface area contributed by atoms with Gasteiger partial charge < -0.3 is 5.11 Å². The maximum atomic E-state index is 12.6. The maximum Gasteiger partial charge on any atom is 0.244 e. The number of aromatic amines is 1. The standard InChI is InChI=1S/C13H23N3O3S/c1-9-5-4-6-13(7-9,8-17)16-20(18,19)12-10(2)14-15-11(12)3/h9,16-17H,4-8H2,1-3H3,(H,14,15). The molecule has 6 nitrogen and oxygen atoms in total. The van der Waals surface area contributed by atoms with E-state index < -0.39 is 15.6 Å². The van der Waals surface area contributed by atoms with Crippen LogP contribution in [0.5, 0.6) is 0 Å². The molecule has 1 fully saturated rings. The van der Waals surface area contributed by atoms with Gasteiger partial charge in [-0.2, -0.15) is 5.10 Å². The molecule has 0 spiro atoms. The second-order valence-electron chi connectivity index (χ2n) is 6.01. The fourth-order valence-electron chi connectivity index (χ4n) is 3.20. The summed E-state index contributed by atoms with van der Waals surface area (Å²) in [5, 5.41) is 16.3. The molecular weight excluding hydrogens is 278 g/mol. The van der Waals surface area contributed by atoms with E-state index >= 15 is 0 Å². The van der Waals surface area contributed by atoms with E-state index in [1.165, 1.54) is 0 Å². The summed E-state index contributed by atoms with van der Waals surface area (Å²) >= 11 is 0. The van der Waals surface area contributed by atoms with E-state index in [0.29, 0.717) is 30.1 Å². The Morgan fingerprint density at radius 2 is 2.20 bits per heavy atom. The number of hydrogen-bond acceptors (Lipinski definition) is 4. The molecule has 1 aliphatic rings. The van der Waals surface area contributed by atoms with Crippen LogP contribution < -0.4 is 4.72 Å². The number of H-pyrrole nitrogens is 1. The largest absolute Gasteiger partial charge is 0.394 e. The lowest BCUT2D eigenvalue weighted by atomic mass is 9.78. The van der Waals surface area contributed by atoms with E-state index in [1.54, 1.807) is 13.8 Å². The van der Waals surface area contributed by atoms with Gasteiger partial charge in [0.05, 0.1) is 23.5 Å². The van der Waals surface area contributed by atoms with Crippen molar-refractivity contribution in [1.82, 2.24) is 14.9 Å². The van der Waals surface area contributed by atoms with Gasteiger partial charge in [0.2, 0.25) is 10.0 Å². The predicted octanol–water partition coefficient (Wildman–Crippen LogP) is 1.25. The lowest BCUT2D eigenvalue weighted by molar-refractivity contribution is 0.119. The summed E-state index contributed by atoms with van der Waals surface area (Å²) in [6, 6.07) is 0. The first kappa shape index (κ1) is 15.5. The summed E-state index contributed by atoms with van der Waals surface area (Å²) < 4.78 is 27.9. The van der Waals surface area contributed by atoms with Gasteiger partial charge in [0.15, 0.2) is 0 Å². The SMILES string of the molecule is Cc1n[nH]c(C)c1S(=O)(=O)NC1(CO)CCCC(C)C1. The van der Waals surface area contributed by atoms with E-state index in [9.17, 15) is 13.5 Å². The third kappa shape index (κ3) is 2.89. The Morgan fingerprint density at radius 3 is 2.70 bits per heavy atom. The van der Waals surface area contributed by atoms with Gasteiger partial charge in [-0.3, -0.25) is 5.10 Å². The highest BCUT2D eigenvalue weighted by Gasteiger charge is 2.39. The van der Waals surface area contributed by atoms with Crippen LogP contribution in [0.3, 0.4) is 0 Å². The van der Waals surface area contributed by atoms with Gasteiger partial charge in [0, 0.05) is 0 Å². The van der Waals surface area contributed by atoms with Crippen LogP contribution in [0.25, 0.3) is 0 Å². The van der Waals surface area contributed by atoms with Crippen LogP contribution in [0.15, 0.2) is 4.90 Å². The lowest BCUT2D eigenvalue weighted by Gasteiger charge is -2.38. The number of nitrogens with zero attached hydrogens (tertiary/aromatic N) is 1. The molecule has 20 heavy (non-hydrogen) atoms. The number of aryl methyl sites for hydroxylation is 2. The summed E-state index contributed by atoms with van der Waals surface area (Å²) in [5.41, 5.74) is 0.228. The van der Waals surface area contributed by atoms with Gasteiger partial charge in [-0.15, -0.1) is 0 Å². The van der Waals surface area contributed by atoms with Gasteiger partial charge in [0.1, 0.15) is 4.90 Å². The molecular formula is C13H23N3O3S. The maximum absolute atomic E-state index is 12.6. The van der Waals surface area contributed by atoms with Crippen molar-refractivity contribution < 1.29 is 13.5 Å². The Bertz CT molecular complexity index is 562. The molecule has 1 aromatic heterocycles. The minimum atomic E-state index is -3.68. The number of aliphatic hydroxyl groups excluding tert-OH is 1. The fraction of sp³-hybridized carbons (Fsp3) is 0.769. The topological polar surface area (TPSA) is 95.1 Å². The quantitative estimate of drug-likeness (QED) is 0.780. The van der Waals surface area contributed by atoms with Crippen molar-refractivity contribution in [2.24, 2.45) is 5.92 Å². The second kappa shape index (κ2) is 5.46. The summed E-state index contributed by atoms with van der Waals surface area (Å²) in [7, 11) is -3.68. The normalized spacial score (nSPS) is 27.7. The van der Waals surface area contributed by atoms with Crippen LogP contribution in [0.1, 0.15) is 44.0 Å². The second-order valence-corrected chi connectivity index (χ2v) is 7.63. The van der Waals surface area contributed by atoms with E-state index in [-0.39, 0.29) is 11.5 Å². The van der Waals surface area contributed by atoms with E-state index in [4.69, 9.17) is 0 Å². The number of aromatic nitrogens is 2. The Kier molecular flexibility index (Phi) is 4.22. The molecule has 0 aliphatic heterocycles. The number of nitrogens with one attached hydrogen (secondary N) is 2. The zero-order valence-electron chi connectivity index (χ0n) is 12.2. The van der Waals surface area contributed by atoms with Crippen molar-refractivity contribution in [3.8, 4) is 0 Å². The highest BCUT2D eigenvalue weighted by atomic mass is 32.2. The first-order chi connectivity index (χ1) is 9.30. The number of aliphatic hydroxyl groups is 1. The monoisotopic (exact) mass is 301 g/mol. The molecule has 0 bridgehead atoms. The van der Waals surface area contributed by atoms with Crippen molar-refractivity contribution in [1.29, 1.82) is 0 Å². The fourth-order valence-corrected chi connectivity index (χ4v) is 5.01. The minimum Gasteiger partial charge on any atom is -0.394 e. The highest BCUT2D eigenvalue weighted by molar-refractivity contribution is 7.89. The van der Waals surface area contributed by atoms with Crippen molar-refractivity contribution in [3.63, 3.8) is 0 Å². The van der Waals surface area contributed by atoms with Crippen molar-refractivity contribution in [3.05, 3.63) is 11.4 Å². The molecule has 1 aromatic rings. The molecule has 2 unspecified atom stereocenters. The van der Waals surface area contributed by atoms with E-state index in [2.05, 4.69) is 21.8 Å². The average molecular weight is 301 g/mol. The van der Waals surface area contributed by atoms with E-state index in [0.717, 1.165) is 12.8 Å². The van der Waals surface area contributed by atoms with Crippen LogP contribution >= 0.6 is 0 Å². The molecule has 1 saturated carbocycles. The molecule has 0 aromatic carbocycles. The first-order valence-electron chi connectivity index (χ1n) is 6.96. The smallest absolute Gasteiger partial charge is 0.244 e. The highest BCUT2D eigenvalue weighted by Crippen LogP contribution is 2.33. The minimum absolute atomic E-state index is 0.174. The Morgan fingerprint density at radius 1 is 1.50 bits per heavy atom. The molecule has 7 heteroatoms. The zero-order chi connectivity index (χ0) is 15.0. The van der Waals surface area contributed by atoms with Gasteiger partial charge in [-0.1, -0.05) is 19.8 Å². The van der Waals surface area contributed by atoms with Gasteiger partial charge in [-0.25, -0.2) is 13.1 Å². The van der Waals surface area contributed by atoms with Gasteiger partial charge in [0.25, 0.3) is 0 Å². The summed E-state index contributed by atoms with van der Waals surface area (Å²) in [6.07, 6.45) is 3.34. The van der Waals surface area contributed by atoms with Crippen LogP contribution in [-0.4, -0.2) is 35.9 Å². The molecule has 0 saturated heterocycles. The Labute approximate surface area is 120 Å². The van der Waals surface area contributed by atoms with Crippen molar-refractivity contribution in [2.45, 2.75) is 56.9 Å². The molecule has 0 amide bonds. The third-order valence-corrected chi connectivity index (χ3v) is 5.92. The predicted molar refractivity (Wildman–Crippen MR) is 75.8 cm³/mol. The average Bonchev–Trinajstić information content (AvgIpc) is 2.69. The Hall–Kier alpha value is -0.920. The van der Waals surface area contributed by atoms with Crippen LogP contribution in [0, 0.1) is 19.8 Å². The zero-order valence-corrected chi connectivity index (χ0v) is 13.0. The Balaban J connectivity index is 2.31. The summed E-state index contributed by atoms with van der Waals surface area (Å²) in [6.45, 7) is 5.26. The molecule has 1 aliphatic carbocycles. The number of hydrogen-bond donors (Lipinski definition) is 3. The molecule has 1 heterocycles. The van der Waals surface area contributed by atoms with Crippen molar-refractivity contribution >= 4 is 10.0 Å². The van der Waals surface area contributed by atoms with Crippen LogP contribution in [0.4, 0.5) is 0 Å². The molecule has 2 atom stereocenters. The first-order valence-corrected chi connectivity index (χ1v) is 8.44. The molecule has 114 valence electrons. The van der Waals surface area contributed by atoms with Crippen LogP contribution in [0.2, 0.25) is 0 Å². The van der Waals surface area contributed by atoms with E-state index in [1.807, 2.05) is 0 Å². The molecule has 0 radical (unpaired) electrons. The number of sulfonamides is 1. The van der Waals surface area contributed by atoms with Crippen molar-refractivity contribution in [2.75, 3.05) is 6.61 Å².